The molecule has 0 aliphatic carbocycles. The van der Waals surface area contributed by atoms with Crippen molar-refractivity contribution in [3.8, 4) is 0 Å². The molecule has 0 spiro atoms. The predicted molar refractivity (Wildman–Crippen MR) is 87.1 cm³/mol. The molecule has 1 amide bonds. The van der Waals surface area contributed by atoms with Crippen molar-refractivity contribution in [1.82, 2.24) is 4.90 Å². The summed E-state index contributed by atoms with van der Waals surface area (Å²) in [5.74, 6) is 0.307. The van der Waals surface area contributed by atoms with Gasteiger partial charge in [-0.05, 0) is 49.5 Å². The van der Waals surface area contributed by atoms with Crippen molar-refractivity contribution in [2.75, 3.05) is 18.4 Å². The molecule has 1 N–H and O–H groups in total. The molecule has 20 heavy (non-hydrogen) atoms. The fourth-order valence-corrected chi connectivity index (χ4v) is 2.57. The van der Waals surface area contributed by atoms with E-state index >= 15 is 0 Å². The molecule has 1 fully saturated rings. The molecular formula is C16H23BrN2O. The summed E-state index contributed by atoms with van der Waals surface area (Å²) in [5, 5.41) is 2.98. The number of carbonyl (C=O) groups is 1. The van der Waals surface area contributed by atoms with Crippen LogP contribution in [-0.4, -0.2) is 28.7 Å². The average Bonchev–Trinajstić information content (AvgIpc) is 2.91. The minimum Gasteiger partial charge on any atom is -0.325 e. The van der Waals surface area contributed by atoms with Crippen molar-refractivity contribution in [2.24, 2.45) is 5.92 Å². The highest BCUT2D eigenvalue weighted by Gasteiger charge is 2.18. The molecule has 0 aromatic heterocycles. The Kier molecular flexibility index (Phi) is 5.61. The van der Waals surface area contributed by atoms with Gasteiger partial charge in [-0.25, -0.2) is 0 Å². The van der Waals surface area contributed by atoms with E-state index in [1.54, 1.807) is 0 Å². The molecule has 2 rings (SSSR count). The number of nitrogens with zero attached hydrogens (tertiary/aromatic N) is 1. The van der Waals surface area contributed by atoms with Crippen molar-refractivity contribution in [3.63, 3.8) is 0 Å². The summed E-state index contributed by atoms with van der Waals surface area (Å²) in [6.45, 7) is 7.41. The van der Waals surface area contributed by atoms with Gasteiger partial charge in [-0.3, -0.25) is 9.69 Å². The van der Waals surface area contributed by atoms with Crippen LogP contribution in [0, 0.1) is 5.92 Å². The molecule has 1 aromatic carbocycles. The van der Waals surface area contributed by atoms with E-state index in [0.717, 1.165) is 12.2 Å². The van der Waals surface area contributed by atoms with Gasteiger partial charge in [0.1, 0.15) is 0 Å². The lowest BCUT2D eigenvalue weighted by Gasteiger charge is -2.16. The number of anilines is 1. The zero-order chi connectivity index (χ0) is 14.5. The number of hydrogen-bond donors (Lipinski definition) is 1. The van der Waals surface area contributed by atoms with Crippen LogP contribution in [0.5, 0.6) is 0 Å². The van der Waals surface area contributed by atoms with Crippen LogP contribution >= 0.6 is 15.9 Å². The first kappa shape index (κ1) is 15.5. The fourth-order valence-electron chi connectivity index (χ4n) is 2.46. The maximum absolute atomic E-state index is 12.0. The Morgan fingerprint density at radius 1 is 1.35 bits per heavy atom. The number of likely N-dealkylation sites (tertiary alicyclic amines) is 1. The van der Waals surface area contributed by atoms with Crippen LogP contribution < -0.4 is 5.32 Å². The first-order valence-electron chi connectivity index (χ1n) is 7.32. The van der Waals surface area contributed by atoms with Crippen molar-refractivity contribution in [2.45, 2.75) is 38.1 Å². The molecule has 1 saturated heterocycles. The van der Waals surface area contributed by atoms with Crippen LogP contribution in [-0.2, 0) is 11.3 Å². The molecular weight excluding hydrogens is 316 g/mol. The molecule has 3 nitrogen and oxygen atoms in total. The third-order valence-corrected chi connectivity index (χ3v) is 5.11. The normalized spacial score (nSPS) is 17.4. The molecule has 1 atom stereocenters. The molecule has 1 aliphatic rings. The van der Waals surface area contributed by atoms with Gasteiger partial charge in [0, 0.05) is 12.2 Å². The topological polar surface area (TPSA) is 32.3 Å². The summed E-state index contributed by atoms with van der Waals surface area (Å²) in [6, 6.07) is 8.17. The van der Waals surface area contributed by atoms with E-state index in [1.807, 2.05) is 26.0 Å². The zero-order valence-electron chi connectivity index (χ0n) is 12.2. The van der Waals surface area contributed by atoms with Gasteiger partial charge >= 0.3 is 0 Å². The molecule has 0 saturated carbocycles. The smallest absolute Gasteiger partial charge is 0.238 e. The van der Waals surface area contributed by atoms with Gasteiger partial charge in [-0.2, -0.15) is 0 Å². The number of carbonyl (C=O) groups excluding carboxylic acids is 1. The van der Waals surface area contributed by atoms with Crippen LogP contribution in [0.1, 0.15) is 32.3 Å². The van der Waals surface area contributed by atoms with Gasteiger partial charge in [0.15, 0.2) is 0 Å². The lowest BCUT2D eigenvalue weighted by molar-refractivity contribution is -0.116. The summed E-state index contributed by atoms with van der Waals surface area (Å²) in [7, 11) is 0. The lowest BCUT2D eigenvalue weighted by Crippen LogP contribution is -2.27. The maximum atomic E-state index is 12.0. The number of halogens is 1. The third kappa shape index (κ3) is 4.32. The van der Waals surface area contributed by atoms with Crippen LogP contribution in [0.25, 0.3) is 0 Å². The molecule has 1 aliphatic heterocycles. The second-order valence-corrected chi connectivity index (χ2v) is 6.81. The summed E-state index contributed by atoms with van der Waals surface area (Å²) in [4.78, 5) is 14.4. The molecule has 0 bridgehead atoms. The number of nitrogens with one attached hydrogen (secondary N) is 1. The third-order valence-electron chi connectivity index (χ3n) is 3.64. The second kappa shape index (κ2) is 7.23. The van der Waals surface area contributed by atoms with Crippen molar-refractivity contribution < 1.29 is 4.79 Å². The Morgan fingerprint density at radius 3 is 2.70 bits per heavy atom. The van der Waals surface area contributed by atoms with Crippen LogP contribution in [0.4, 0.5) is 5.69 Å². The largest absolute Gasteiger partial charge is 0.325 e. The van der Waals surface area contributed by atoms with Gasteiger partial charge in [0.25, 0.3) is 0 Å². The Bertz CT molecular complexity index is 456. The minimum absolute atomic E-state index is 0.0262. The van der Waals surface area contributed by atoms with Crippen LogP contribution in [0.3, 0.4) is 0 Å². The van der Waals surface area contributed by atoms with Gasteiger partial charge in [-0.15, -0.1) is 0 Å². The highest BCUT2D eigenvalue weighted by Crippen LogP contribution is 2.18. The lowest BCUT2D eigenvalue weighted by atomic mass is 10.1. The quantitative estimate of drug-likeness (QED) is 0.831. The molecule has 4 heteroatoms. The summed E-state index contributed by atoms with van der Waals surface area (Å²) >= 11 is 3.43. The van der Waals surface area contributed by atoms with Gasteiger partial charge in [0.2, 0.25) is 5.91 Å². The highest BCUT2D eigenvalue weighted by molar-refractivity contribution is 9.10. The van der Waals surface area contributed by atoms with Gasteiger partial charge < -0.3 is 5.32 Å². The zero-order valence-corrected chi connectivity index (χ0v) is 13.8. The maximum Gasteiger partial charge on any atom is 0.238 e. The minimum atomic E-state index is -0.148. The van der Waals surface area contributed by atoms with E-state index < -0.39 is 0 Å². The molecule has 1 unspecified atom stereocenters. The van der Waals surface area contributed by atoms with E-state index in [0.29, 0.717) is 0 Å². The number of alkyl halides is 1. The van der Waals surface area contributed by atoms with E-state index in [2.05, 4.69) is 38.3 Å². The molecule has 0 radical (unpaired) electrons. The van der Waals surface area contributed by atoms with E-state index in [1.165, 1.54) is 31.5 Å². The first-order chi connectivity index (χ1) is 9.56. The predicted octanol–water partition coefficient (Wildman–Crippen LogP) is 3.64. The standard InChI is InChI=1S/C16H23BrN2O/c1-12(2)15(17)16(20)18-14-7-5-6-13(10-14)11-19-8-3-4-9-19/h5-7,10,12,15H,3-4,8-9,11H2,1-2H3,(H,18,20). The number of hydrogen-bond acceptors (Lipinski definition) is 2. The Morgan fingerprint density at radius 2 is 2.05 bits per heavy atom. The highest BCUT2D eigenvalue weighted by atomic mass is 79.9. The first-order valence-corrected chi connectivity index (χ1v) is 8.24. The molecule has 1 heterocycles. The Hall–Kier alpha value is -0.870. The second-order valence-electron chi connectivity index (χ2n) is 5.82. The van der Waals surface area contributed by atoms with E-state index in [-0.39, 0.29) is 16.7 Å². The monoisotopic (exact) mass is 338 g/mol. The number of rotatable bonds is 5. The Balaban J connectivity index is 1.96. The molecule has 110 valence electrons. The van der Waals surface area contributed by atoms with Gasteiger partial charge in [0.05, 0.1) is 4.83 Å². The van der Waals surface area contributed by atoms with Crippen LogP contribution in [0.15, 0.2) is 24.3 Å². The summed E-state index contributed by atoms with van der Waals surface area (Å²) < 4.78 is 0. The fraction of sp³-hybridized carbons (Fsp3) is 0.562. The van der Waals surface area contributed by atoms with E-state index in [9.17, 15) is 4.79 Å². The Labute approximate surface area is 129 Å². The number of benzene rings is 1. The summed E-state index contributed by atoms with van der Waals surface area (Å²) in [5.41, 5.74) is 2.15. The van der Waals surface area contributed by atoms with E-state index in [4.69, 9.17) is 0 Å². The van der Waals surface area contributed by atoms with Gasteiger partial charge in [-0.1, -0.05) is 41.9 Å². The van der Waals surface area contributed by atoms with Crippen molar-refractivity contribution >= 4 is 27.5 Å². The molecule has 1 aromatic rings. The SMILES string of the molecule is CC(C)C(Br)C(=O)Nc1cccc(CN2CCCC2)c1. The van der Waals surface area contributed by atoms with Crippen molar-refractivity contribution in [3.05, 3.63) is 29.8 Å². The van der Waals surface area contributed by atoms with Crippen molar-refractivity contribution in [1.29, 1.82) is 0 Å². The van der Waals surface area contributed by atoms with Crippen LogP contribution in [0.2, 0.25) is 0 Å². The average molecular weight is 339 g/mol. The summed E-state index contributed by atoms with van der Waals surface area (Å²) in [6.07, 6.45) is 2.60. The number of amides is 1.